The van der Waals surface area contributed by atoms with Crippen molar-refractivity contribution in [2.24, 2.45) is 5.73 Å². The molecule has 0 spiro atoms. The molecular formula is C11H14FNO2. The van der Waals surface area contributed by atoms with Crippen LogP contribution in [0.4, 0.5) is 4.39 Å². The molecule has 1 aliphatic carbocycles. The van der Waals surface area contributed by atoms with E-state index in [-0.39, 0.29) is 11.8 Å². The van der Waals surface area contributed by atoms with E-state index in [0.29, 0.717) is 12.8 Å². The molecule has 1 aliphatic rings. The highest BCUT2D eigenvalue weighted by Gasteiger charge is 2.34. The van der Waals surface area contributed by atoms with Gasteiger partial charge in [0.05, 0.1) is 0 Å². The average Bonchev–Trinajstić information content (AvgIpc) is 2.53. The van der Waals surface area contributed by atoms with Gasteiger partial charge in [0.25, 0.3) is 0 Å². The third-order valence-corrected chi connectivity index (χ3v) is 2.72. The Hall–Kier alpha value is -1.13. The number of ether oxygens (including phenoxy) is 1. The maximum Gasteiger partial charge on any atom is 0.165 e. The van der Waals surface area contributed by atoms with Gasteiger partial charge in [0.1, 0.15) is 12.2 Å². The summed E-state index contributed by atoms with van der Waals surface area (Å²) in [7, 11) is 0. The molecule has 1 aromatic carbocycles. The van der Waals surface area contributed by atoms with E-state index in [2.05, 4.69) is 0 Å². The summed E-state index contributed by atoms with van der Waals surface area (Å²) in [6.07, 6.45) is 0.276. The van der Waals surface area contributed by atoms with Crippen molar-refractivity contribution >= 4 is 0 Å². The van der Waals surface area contributed by atoms with Crippen molar-refractivity contribution in [3.05, 3.63) is 30.1 Å². The third kappa shape index (κ3) is 2.11. The second-order valence-corrected chi connectivity index (χ2v) is 3.82. The van der Waals surface area contributed by atoms with E-state index in [1.807, 2.05) is 0 Å². The van der Waals surface area contributed by atoms with E-state index in [4.69, 9.17) is 10.5 Å². The van der Waals surface area contributed by atoms with Crippen LogP contribution in [0, 0.1) is 5.82 Å². The molecule has 0 heterocycles. The van der Waals surface area contributed by atoms with E-state index in [9.17, 15) is 9.50 Å². The van der Waals surface area contributed by atoms with E-state index in [1.54, 1.807) is 18.2 Å². The maximum absolute atomic E-state index is 13.2. The van der Waals surface area contributed by atoms with Gasteiger partial charge < -0.3 is 15.6 Å². The Bertz CT molecular complexity index is 345. The molecule has 0 aliphatic heterocycles. The van der Waals surface area contributed by atoms with Crippen LogP contribution < -0.4 is 10.5 Å². The normalized spacial score (nSPS) is 30.5. The highest BCUT2D eigenvalue weighted by Crippen LogP contribution is 2.25. The molecule has 0 bridgehead atoms. The molecule has 3 N–H and O–H groups in total. The van der Waals surface area contributed by atoms with Gasteiger partial charge in [-0.3, -0.25) is 0 Å². The van der Waals surface area contributed by atoms with Crippen molar-refractivity contribution < 1.29 is 14.2 Å². The van der Waals surface area contributed by atoms with E-state index < -0.39 is 18.0 Å². The van der Waals surface area contributed by atoms with Crippen molar-refractivity contribution in [1.82, 2.24) is 0 Å². The number of hydrogen-bond acceptors (Lipinski definition) is 3. The van der Waals surface area contributed by atoms with Crippen LogP contribution in [-0.4, -0.2) is 23.4 Å². The number of benzene rings is 1. The Morgan fingerprint density at radius 1 is 1.33 bits per heavy atom. The van der Waals surface area contributed by atoms with Crippen LogP contribution in [0.15, 0.2) is 24.3 Å². The van der Waals surface area contributed by atoms with Crippen LogP contribution in [0.5, 0.6) is 5.75 Å². The van der Waals surface area contributed by atoms with Crippen LogP contribution in [-0.2, 0) is 0 Å². The Morgan fingerprint density at radius 2 is 2.07 bits per heavy atom. The standard InChI is InChI=1S/C11H14FNO2/c12-7-3-1-2-4-9(7)15-10-6-5-8(13)11(10)14/h1-4,8,10-11,14H,5-6,13H2. The number of rotatable bonds is 2. The largest absolute Gasteiger partial charge is 0.485 e. The number of aliphatic hydroxyl groups is 1. The fourth-order valence-electron chi connectivity index (χ4n) is 1.81. The SMILES string of the molecule is NC1CCC(Oc2ccccc2F)C1O. The zero-order valence-electron chi connectivity index (χ0n) is 8.27. The summed E-state index contributed by atoms with van der Waals surface area (Å²) in [6.45, 7) is 0. The highest BCUT2D eigenvalue weighted by molar-refractivity contribution is 5.24. The monoisotopic (exact) mass is 211 g/mol. The molecule has 3 nitrogen and oxygen atoms in total. The van der Waals surface area contributed by atoms with Gasteiger partial charge in [-0.25, -0.2) is 4.39 Å². The van der Waals surface area contributed by atoms with Crippen LogP contribution >= 0.6 is 0 Å². The van der Waals surface area contributed by atoms with Gasteiger partial charge in [0, 0.05) is 6.04 Å². The maximum atomic E-state index is 13.2. The fraction of sp³-hybridized carbons (Fsp3) is 0.455. The summed E-state index contributed by atoms with van der Waals surface area (Å²) < 4.78 is 18.6. The first-order valence-electron chi connectivity index (χ1n) is 5.03. The average molecular weight is 211 g/mol. The van der Waals surface area contributed by atoms with Crippen LogP contribution in [0.1, 0.15) is 12.8 Å². The third-order valence-electron chi connectivity index (χ3n) is 2.72. The molecule has 1 aromatic rings. The van der Waals surface area contributed by atoms with Gasteiger partial charge in [0.15, 0.2) is 11.6 Å². The Balaban J connectivity index is 2.07. The molecule has 0 saturated heterocycles. The summed E-state index contributed by atoms with van der Waals surface area (Å²) in [4.78, 5) is 0. The predicted molar refractivity (Wildman–Crippen MR) is 54.0 cm³/mol. The van der Waals surface area contributed by atoms with Crippen molar-refractivity contribution in [2.75, 3.05) is 0 Å². The van der Waals surface area contributed by atoms with Gasteiger partial charge in [-0.15, -0.1) is 0 Å². The Labute approximate surface area is 87.7 Å². The minimum absolute atomic E-state index is 0.177. The second kappa shape index (κ2) is 4.16. The van der Waals surface area contributed by atoms with Crippen molar-refractivity contribution in [2.45, 2.75) is 31.1 Å². The first-order chi connectivity index (χ1) is 7.18. The Morgan fingerprint density at radius 3 is 2.67 bits per heavy atom. The summed E-state index contributed by atoms with van der Waals surface area (Å²) >= 11 is 0. The molecule has 1 fully saturated rings. The first-order valence-corrected chi connectivity index (χ1v) is 5.03. The van der Waals surface area contributed by atoms with Gasteiger partial charge in [-0.1, -0.05) is 12.1 Å². The predicted octanol–water partition coefficient (Wildman–Crippen LogP) is 1.06. The summed E-state index contributed by atoms with van der Waals surface area (Å²) in [6, 6.07) is 5.91. The molecule has 3 unspecified atom stereocenters. The van der Waals surface area contributed by atoms with Gasteiger partial charge in [0.2, 0.25) is 0 Å². The van der Waals surface area contributed by atoms with Crippen molar-refractivity contribution in [3.63, 3.8) is 0 Å². The summed E-state index contributed by atoms with van der Waals surface area (Å²) in [5.41, 5.74) is 5.64. The van der Waals surface area contributed by atoms with Crippen LogP contribution in [0.3, 0.4) is 0 Å². The van der Waals surface area contributed by atoms with Gasteiger partial charge >= 0.3 is 0 Å². The number of nitrogens with two attached hydrogens (primary N) is 1. The van der Waals surface area contributed by atoms with E-state index in [1.165, 1.54) is 6.07 Å². The minimum atomic E-state index is -0.704. The number of halogens is 1. The lowest BCUT2D eigenvalue weighted by Crippen LogP contribution is -2.37. The molecule has 15 heavy (non-hydrogen) atoms. The molecule has 82 valence electrons. The van der Waals surface area contributed by atoms with Crippen molar-refractivity contribution in [1.29, 1.82) is 0 Å². The number of para-hydroxylation sites is 1. The lowest BCUT2D eigenvalue weighted by Gasteiger charge is -2.19. The molecule has 0 radical (unpaired) electrons. The lowest BCUT2D eigenvalue weighted by molar-refractivity contribution is 0.0498. The van der Waals surface area contributed by atoms with E-state index >= 15 is 0 Å². The van der Waals surface area contributed by atoms with E-state index in [0.717, 1.165) is 0 Å². The molecule has 0 aromatic heterocycles. The fourth-order valence-corrected chi connectivity index (χ4v) is 1.81. The minimum Gasteiger partial charge on any atom is -0.485 e. The van der Waals surface area contributed by atoms with Gasteiger partial charge in [-0.2, -0.15) is 0 Å². The zero-order valence-corrected chi connectivity index (χ0v) is 8.27. The molecule has 1 saturated carbocycles. The molecule has 2 rings (SSSR count). The first kappa shape index (κ1) is 10.4. The molecule has 4 heteroatoms. The summed E-state index contributed by atoms with van der Waals surface area (Å²) in [5.74, 6) is -0.235. The molecule has 0 amide bonds. The van der Waals surface area contributed by atoms with Crippen molar-refractivity contribution in [3.8, 4) is 5.75 Å². The molecule has 3 atom stereocenters. The number of hydrogen-bond donors (Lipinski definition) is 2. The zero-order chi connectivity index (χ0) is 10.8. The second-order valence-electron chi connectivity index (χ2n) is 3.82. The quantitative estimate of drug-likeness (QED) is 0.769. The van der Waals surface area contributed by atoms with Gasteiger partial charge in [-0.05, 0) is 25.0 Å². The van der Waals surface area contributed by atoms with Crippen LogP contribution in [0.25, 0.3) is 0 Å². The number of aliphatic hydroxyl groups excluding tert-OH is 1. The topological polar surface area (TPSA) is 55.5 Å². The Kier molecular flexibility index (Phi) is 2.88. The van der Waals surface area contributed by atoms with Crippen LogP contribution in [0.2, 0.25) is 0 Å². The molecular weight excluding hydrogens is 197 g/mol. The lowest BCUT2D eigenvalue weighted by atomic mass is 10.2. The smallest absolute Gasteiger partial charge is 0.165 e. The highest BCUT2D eigenvalue weighted by atomic mass is 19.1. The summed E-state index contributed by atoms with van der Waals surface area (Å²) in [5, 5.41) is 9.64.